The monoisotopic (exact) mass is 374 g/mol. The maximum atomic E-state index is 3.68. The minimum Gasteiger partial charge on any atom is -0.385 e. The van der Waals surface area contributed by atoms with Crippen LogP contribution in [0.15, 0.2) is 48.5 Å². The maximum absolute atomic E-state index is 3.68. The Morgan fingerprint density at radius 1 is 1.11 bits per heavy atom. The number of nitrogens with one attached hydrogen (secondary N) is 1. The van der Waals surface area contributed by atoms with Crippen molar-refractivity contribution in [3.05, 3.63) is 65.2 Å². The van der Waals surface area contributed by atoms with Gasteiger partial charge in [0.15, 0.2) is 0 Å². The molecule has 5 rings (SSSR count). The van der Waals surface area contributed by atoms with Gasteiger partial charge in [0, 0.05) is 24.8 Å². The van der Waals surface area contributed by atoms with Gasteiger partial charge in [-0.2, -0.15) is 0 Å². The summed E-state index contributed by atoms with van der Waals surface area (Å²) in [5, 5.41) is 3.68. The summed E-state index contributed by atoms with van der Waals surface area (Å²) in [5.74, 6) is 1.74. The summed E-state index contributed by atoms with van der Waals surface area (Å²) in [4.78, 5) is 2.83. The summed E-state index contributed by atoms with van der Waals surface area (Å²) in [6.45, 7) is 8.67. The van der Waals surface area contributed by atoms with Crippen LogP contribution in [0.3, 0.4) is 0 Å². The quantitative estimate of drug-likeness (QED) is 0.740. The lowest BCUT2D eigenvalue weighted by Crippen LogP contribution is -2.58. The van der Waals surface area contributed by atoms with Crippen molar-refractivity contribution in [2.45, 2.75) is 57.4 Å². The lowest BCUT2D eigenvalue weighted by molar-refractivity contribution is 0.0284. The number of piperidine rings is 1. The van der Waals surface area contributed by atoms with Crippen molar-refractivity contribution in [3.63, 3.8) is 0 Å². The van der Waals surface area contributed by atoms with E-state index < -0.39 is 0 Å². The summed E-state index contributed by atoms with van der Waals surface area (Å²) >= 11 is 0. The van der Waals surface area contributed by atoms with Gasteiger partial charge in [0.05, 0.1) is 0 Å². The van der Waals surface area contributed by atoms with Crippen LogP contribution < -0.4 is 5.32 Å². The van der Waals surface area contributed by atoms with E-state index in [2.05, 4.69) is 72.6 Å². The fraction of sp³-hybridized carbons (Fsp3) is 0.538. The Morgan fingerprint density at radius 2 is 1.93 bits per heavy atom. The third-order valence-corrected chi connectivity index (χ3v) is 7.90. The normalized spacial score (nSPS) is 29.4. The van der Waals surface area contributed by atoms with E-state index in [1.807, 2.05) is 0 Å². The fourth-order valence-electron chi connectivity index (χ4n) is 5.67. The highest BCUT2D eigenvalue weighted by molar-refractivity contribution is 5.53. The SMILES string of the molecule is C[C@H]1[C@H]2Cc3ccc(NCCc4ccccc4)cc3[C@]1(C)CCN2CC1CC1. The van der Waals surface area contributed by atoms with Crippen LogP contribution in [0.2, 0.25) is 0 Å². The van der Waals surface area contributed by atoms with Gasteiger partial charge in [0.1, 0.15) is 0 Å². The Bertz CT molecular complexity index is 826. The van der Waals surface area contributed by atoms with Crippen LogP contribution >= 0.6 is 0 Å². The number of rotatable bonds is 6. The van der Waals surface area contributed by atoms with Crippen LogP contribution in [0.25, 0.3) is 0 Å². The molecule has 1 saturated carbocycles. The number of nitrogens with zero attached hydrogens (tertiary/aromatic N) is 1. The van der Waals surface area contributed by atoms with E-state index in [4.69, 9.17) is 0 Å². The van der Waals surface area contributed by atoms with Crippen LogP contribution in [0.5, 0.6) is 0 Å². The van der Waals surface area contributed by atoms with Crippen LogP contribution in [-0.2, 0) is 18.3 Å². The van der Waals surface area contributed by atoms with E-state index >= 15 is 0 Å². The number of hydrogen-bond acceptors (Lipinski definition) is 2. The average Bonchev–Trinajstić information content (AvgIpc) is 3.52. The largest absolute Gasteiger partial charge is 0.385 e. The van der Waals surface area contributed by atoms with Crippen LogP contribution in [0.4, 0.5) is 5.69 Å². The van der Waals surface area contributed by atoms with Gasteiger partial charge in [-0.25, -0.2) is 0 Å². The lowest BCUT2D eigenvalue weighted by atomic mass is 9.59. The topological polar surface area (TPSA) is 15.3 Å². The second kappa shape index (κ2) is 7.22. The van der Waals surface area contributed by atoms with E-state index in [9.17, 15) is 0 Å². The minimum atomic E-state index is 0.329. The molecule has 2 aromatic carbocycles. The first kappa shape index (κ1) is 18.2. The summed E-state index contributed by atoms with van der Waals surface area (Å²) in [7, 11) is 0. The Morgan fingerprint density at radius 3 is 2.71 bits per heavy atom. The highest BCUT2D eigenvalue weighted by atomic mass is 15.2. The first-order chi connectivity index (χ1) is 13.6. The molecule has 1 aliphatic heterocycles. The standard InChI is InChI=1S/C26H34N2/c1-19-25-16-22-10-11-23(27-14-12-20-6-4-3-5-7-20)17-24(22)26(19,2)13-15-28(25)18-21-8-9-21/h3-7,10-11,17,19,21,25,27H,8-9,12-16,18H2,1-2H3/t19-,25+,26+/m0/s1. The number of hydrogen-bond donors (Lipinski definition) is 1. The van der Waals surface area contributed by atoms with Crippen LogP contribution in [0.1, 0.15) is 49.8 Å². The van der Waals surface area contributed by atoms with Gasteiger partial charge >= 0.3 is 0 Å². The molecule has 2 aromatic rings. The third-order valence-electron chi connectivity index (χ3n) is 7.90. The zero-order valence-electron chi connectivity index (χ0n) is 17.5. The molecular weight excluding hydrogens is 340 g/mol. The smallest absolute Gasteiger partial charge is 0.0343 e. The summed E-state index contributed by atoms with van der Waals surface area (Å²) in [6.07, 6.45) is 6.54. The zero-order chi connectivity index (χ0) is 19.1. The Labute approximate surface area is 170 Å². The molecule has 2 fully saturated rings. The van der Waals surface area contributed by atoms with Gasteiger partial charge in [-0.15, -0.1) is 0 Å². The Balaban J connectivity index is 1.32. The molecular formula is C26H34N2. The molecule has 3 atom stereocenters. The van der Waals surface area contributed by atoms with Gasteiger partial charge in [-0.05, 0) is 84.7 Å². The number of anilines is 1. The fourth-order valence-corrected chi connectivity index (χ4v) is 5.67. The first-order valence-electron chi connectivity index (χ1n) is 11.3. The van der Waals surface area contributed by atoms with Gasteiger partial charge in [-0.1, -0.05) is 50.2 Å². The number of likely N-dealkylation sites (tertiary alicyclic amines) is 1. The van der Waals surface area contributed by atoms with Crippen molar-refractivity contribution < 1.29 is 0 Å². The molecule has 0 radical (unpaired) electrons. The molecule has 1 saturated heterocycles. The summed E-state index contributed by atoms with van der Waals surface area (Å²) < 4.78 is 0. The van der Waals surface area contributed by atoms with E-state index in [1.54, 1.807) is 11.1 Å². The van der Waals surface area contributed by atoms with E-state index in [-0.39, 0.29) is 0 Å². The number of benzene rings is 2. The molecule has 2 heteroatoms. The molecule has 28 heavy (non-hydrogen) atoms. The van der Waals surface area contributed by atoms with E-state index in [1.165, 1.54) is 50.0 Å². The Kier molecular flexibility index (Phi) is 4.71. The van der Waals surface area contributed by atoms with Crippen molar-refractivity contribution >= 4 is 5.69 Å². The molecule has 2 nitrogen and oxygen atoms in total. The predicted octanol–water partition coefficient (Wildman–Crippen LogP) is 5.28. The molecule has 0 spiro atoms. The highest BCUT2D eigenvalue weighted by Gasteiger charge is 2.48. The lowest BCUT2D eigenvalue weighted by Gasteiger charge is -2.55. The minimum absolute atomic E-state index is 0.329. The van der Waals surface area contributed by atoms with Gasteiger partial charge in [-0.3, -0.25) is 4.90 Å². The summed E-state index contributed by atoms with van der Waals surface area (Å²) in [5.41, 5.74) is 6.24. The molecule has 148 valence electrons. The van der Waals surface area contributed by atoms with Crippen molar-refractivity contribution in [1.82, 2.24) is 4.90 Å². The summed E-state index contributed by atoms with van der Waals surface area (Å²) in [6, 6.07) is 18.7. The van der Waals surface area contributed by atoms with Crippen molar-refractivity contribution in [2.75, 3.05) is 25.0 Å². The molecule has 1 N–H and O–H groups in total. The molecule has 2 aliphatic carbocycles. The van der Waals surface area contributed by atoms with Gasteiger partial charge in [0.25, 0.3) is 0 Å². The van der Waals surface area contributed by atoms with Gasteiger partial charge < -0.3 is 5.32 Å². The second-order valence-electron chi connectivity index (χ2n) is 9.70. The average molecular weight is 375 g/mol. The molecule has 2 bridgehead atoms. The number of fused-ring (bicyclic) bond motifs is 4. The molecule has 0 unspecified atom stereocenters. The highest BCUT2D eigenvalue weighted by Crippen LogP contribution is 2.49. The maximum Gasteiger partial charge on any atom is 0.0343 e. The van der Waals surface area contributed by atoms with E-state index in [0.29, 0.717) is 5.41 Å². The van der Waals surface area contributed by atoms with Crippen LogP contribution in [-0.4, -0.2) is 30.6 Å². The van der Waals surface area contributed by atoms with Crippen molar-refractivity contribution in [3.8, 4) is 0 Å². The van der Waals surface area contributed by atoms with Gasteiger partial charge in [0.2, 0.25) is 0 Å². The molecule has 3 aliphatic rings. The predicted molar refractivity (Wildman–Crippen MR) is 118 cm³/mol. The molecule has 0 amide bonds. The second-order valence-corrected chi connectivity index (χ2v) is 9.70. The Hall–Kier alpha value is -1.80. The zero-order valence-corrected chi connectivity index (χ0v) is 17.5. The van der Waals surface area contributed by atoms with Crippen LogP contribution in [0, 0.1) is 11.8 Å². The third kappa shape index (κ3) is 3.37. The van der Waals surface area contributed by atoms with E-state index in [0.717, 1.165) is 30.8 Å². The molecule has 1 heterocycles. The molecule has 0 aromatic heterocycles. The van der Waals surface area contributed by atoms with Crippen molar-refractivity contribution in [1.29, 1.82) is 0 Å². The van der Waals surface area contributed by atoms with Crippen molar-refractivity contribution in [2.24, 2.45) is 11.8 Å². The first-order valence-corrected chi connectivity index (χ1v) is 11.3.